The van der Waals surface area contributed by atoms with Gasteiger partial charge in [-0.3, -0.25) is 9.05 Å². The molecule has 0 aliphatic heterocycles. The van der Waals surface area contributed by atoms with E-state index >= 15 is 0 Å². The van der Waals surface area contributed by atoms with Crippen LogP contribution in [0, 0.1) is 11.8 Å². The van der Waals surface area contributed by atoms with Crippen LogP contribution in [0.5, 0.6) is 5.75 Å². The van der Waals surface area contributed by atoms with E-state index in [0.717, 1.165) is 51.4 Å². The Labute approximate surface area is 233 Å². The van der Waals surface area contributed by atoms with Crippen LogP contribution < -0.4 is 73.4 Å². The molecule has 0 saturated heterocycles. The second-order valence-electron chi connectivity index (χ2n) is 7.28. The zero-order valence-electron chi connectivity index (χ0n) is 19.7. The van der Waals surface area contributed by atoms with Crippen molar-refractivity contribution in [3.05, 3.63) is 30.3 Å². The molecule has 0 aliphatic rings. The number of unbranched alkanes of at least 4 members (excludes halogenated alkanes) is 2. The minimum absolute atomic E-state index is 0. The summed E-state index contributed by atoms with van der Waals surface area (Å²) < 4.78 is 30.6. The van der Waals surface area contributed by atoms with Gasteiger partial charge in [-0.25, -0.2) is 4.57 Å². The fourth-order valence-electron chi connectivity index (χ4n) is 2.89. The molecular formula is C22H40CsO4P. The van der Waals surface area contributed by atoms with Gasteiger partial charge in [0.2, 0.25) is 0 Å². The summed E-state index contributed by atoms with van der Waals surface area (Å²) >= 11 is 0. The molecule has 4 nitrogen and oxygen atoms in total. The molecule has 1 aromatic carbocycles. The molecule has 0 aliphatic carbocycles. The van der Waals surface area contributed by atoms with Crippen LogP contribution in [-0.4, -0.2) is 13.2 Å². The summed E-state index contributed by atoms with van der Waals surface area (Å²) in [6.07, 6.45) is 8.77. The molecule has 0 bridgehead atoms. The SMILES string of the molecule is CCCCC(CC)COP(=O)(OCC(CC)CCCC)Oc1ccccc1.[Cs+].[H-]. The third-order valence-electron chi connectivity index (χ3n) is 4.98. The van der Waals surface area contributed by atoms with E-state index in [9.17, 15) is 4.57 Å². The molecule has 0 spiro atoms. The normalized spacial score (nSPS) is 15.3. The minimum atomic E-state index is -3.64. The molecule has 0 saturated carbocycles. The van der Waals surface area contributed by atoms with E-state index in [1.807, 2.05) is 18.2 Å². The van der Waals surface area contributed by atoms with Crippen molar-refractivity contribution in [2.75, 3.05) is 13.2 Å². The minimum Gasteiger partial charge on any atom is -1.00 e. The van der Waals surface area contributed by atoms with Crippen LogP contribution in [-0.2, 0) is 13.6 Å². The van der Waals surface area contributed by atoms with Crippen LogP contribution in [0.25, 0.3) is 0 Å². The first kappa shape index (κ1) is 29.2. The first-order valence-electron chi connectivity index (χ1n) is 10.7. The largest absolute Gasteiger partial charge is 1.00 e. The van der Waals surface area contributed by atoms with Gasteiger partial charge in [-0.15, -0.1) is 0 Å². The summed E-state index contributed by atoms with van der Waals surface area (Å²) in [6.45, 7) is 9.47. The summed E-state index contributed by atoms with van der Waals surface area (Å²) in [6, 6.07) is 9.16. The zero-order valence-corrected chi connectivity index (χ0v) is 25.9. The van der Waals surface area contributed by atoms with Crippen LogP contribution in [0.4, 0.5) is 0 Å². The van der Waals surface area contributed by atoms with Crippen molar-refractivity contribution in [3.8, 4) is 5.75 Å². The molecule has 0 fully saturated rings. The number of para-hydroxylation sites is 1. The van der Waals surface area contributed by atoms with Crippen molar-refractivity contribution in [2.45, 2.75) is 79.1 Å². The molecule has 1 rings (SSSR count). The second kappa shape index (κ2) is 17.9. The molecular weight excluding hydrogens is 492 g/mol. The predicted molar refractivity (Wildman–Crippen MR) is 114 cm³/mol. The summed E-state index contributed by atoms with van der Waals surface area (Å²) in [5.41, 5.74) is 0. The molecule has 0 N–H and O–H groups in total. The van der Waals surface area contributed by atoms with E-state index in [-0.39, 0.29) is 70.3 Å². The molecule has 2 atom stereocenters. The van der Waals surface area contributed by atoms with Gasteiger partial charge < -0.3 is 5.95 Å². The summed E-state index contributed by atoms with van der Waals surface area (Å²) in [5.74, 6) is 1.27. The van der Waals surface area contributed by atoms with Gasteiger partial charge in [0.1, 0.15) is 5.75 Å². The Bertz CT molecular complexity index is 509. The number of phosphoric ester groups is 1. The molecule has 0 aromatic heterocycles. The van der Waals surface area contributed by atoms with Crippen LogP contribution in [0.2, 0.25) is 0 Å². The van der Waals surface area contributed by atoms with Gasteiger partial charge in [0, 0.05) is 0 Å². The Kier molecular flexibility index (Phi) is 18.6. The third kappa shape index (κ3) is 12.8. The monoisotopic (exact) mass is 532 g/mol. The average Bonchev–Trinajstić information content (AvgIpc) is 2.69. The van der Waals surface area contributed by atoms with E-state index < -0.39 is 7.82 Å². The Balaban J connectivity index is 0. The van der Waals surface area contributed by atoms with E-state index in [1.54, 1.807) is 12.1 Å². The Morgan fingerprint density at radius 2 is 1.32 bits per heavy atom. The first-order valence-corrected chi connectivity index (χ1v) is 12.2. The number of hydrogen-bond donors (Lipinski definition) is 0. The molecule has 28 heavy (non-hydrogen) atoms. The average molecular weight is 532 g/mol. The van der Waals surface area contributed by atoms with Crippen molar-refractivity contribution in [1.29, 1.82) is 0 Å². The Morgan fingerprint density at radius 3 is 1.71 bits per heavy atom. The van der Waals surface area contributed by atoms with Crippen molar-refractivity contribution in [1.82, 2.24) is 0 Å². The van der Waals surface area contributed by atoms with Gasteiger partial charge in [-0.1, -0.05) is 84.4 Å². The Morgan fingerprint density at radius 1 is 0.857 bits per heavy atom. The van der Waals surface area contributed by atoms with Crippen LogP contribution in [0.1, 0.15) is 80.5 Å². The van der Waals surface area contributed by atoms with Crippen LogP contribution in [0.3, 0.4) is 0 Å². The topological polar surface area (TPSA) is 44.8 Å². The second-order valence-corrected chi connectivity index (χ2v) is 8.87. The molecule has 2 unspecified atom stereocenters. The maximum atomic E-state index is 13.3. The standard InChI is InChI=1S/C22H39O4P.Cs.H/c1-5-9-14-20(7-3)18-24-27(23,26-22-16-12-11-13-17-22)25-19-21(8-4)15-10-6-2;;/h11-13,16-17,20-21H,5-10,14-15,18-19H2,1-4H3;;/q;+1;-1. The number of phosphoric acid groups is 1. The summed E-state index contributed by atoms with van der Waals surface area (Å²) in [7, 11) is -3.64. The van der Waals surface area contributed by atoms with Gasteiger partial charge in [0.05, 0.1) is 13.2 Å². The van der Waals surface area contributed by atoms with E-state index in [2.05, 4.69) is 27.7 Å². The zero-order chi connectivity index (χ0) is 20.0. The van der Waals surface area contributed by atoms with Crippen molar-refractivity contribution in [2.24, 2.45) is 11.8 Å². The molecule has 0 amide bonds. The van der Waals surface area contributed by atoms with E-state index in [0.29, 0.717) is 30.8 Å². The van der Waals surface area contributed by atoms with Gasteiger partial charge in [-0.2, -0.15) is 0 Å². The van der Waals surface area contributed by atoms with Gasteiger partial charge in [0.15, 0.2) is 0 Å². The maximum Gasteiger partial charge on any atom is 1.00 e. The quantitative estimate of drug-likeness (QED) is 0.288. The molecule has 6 heteroatoms. The number of rotatable bonds is 16. The first-order chi connectivity index (χ1) is 13.1. The number of hydrogen-bond acceptors (Lipinski definition) is 4. The fraction of sp³-hybridized carbons (Fsp3) is 0.727. The summed E-state index contributed by atoms with van der Waals surface area (Å²) in [4.78, 5) is 0. The molecule has 0 heterocycles. The predicted octanol–water partition coefficient (Wildman–Crippen LogP) is 4.76. The molecule has 158 valence electrons. The summed E-state index contributed by atoms with van der Waals surface area (Å²) in [5, 5.41) is 0. The van der Waals surface area contributed by atoms with E-state index in [4.69, 9.17) is 13.6 Å². The van der Waals surface area contributed by atoms with Gasteiger partial charge in [-0.05, 0) is 36.8 Å². The molecule has 0 radical (unpaired) electrons. The van der Waals surface area contributed by atoms with Gasteiger partial charge in [0.25, 0.3) is 0 Å². The fourth-order valence-corrected chi connectivity index (χ4v) is 4.24. The van der Waals surface area contributed by atoms with E-state index in [1.165, 1.54) is 0 Å². The molecule has 1 aromatic rings. The Hall–Kier alpha value is 1.22. The van der Waals surface area contributed by atoms with Crippen LogP contribution >= 0.6 is 7.82 Å². The number of benzene rings is 1. The van der Waals surface area contributed by atoms with Crippen molar-refractivity contribution < 1.29 is 88.5 Å². The maximum absolute atomic E-state index is 13.3. The van der Waals surface area contributed by atoms with Gasteiger partial charge >= 0.3 is 76.7 Å². The third-order valence-corrected chi connectivity index (χ3v) is 6.35. The van der Waals surface area contributed by atoms with Crippen molar-refractivity contribution >= 4 is 7.82 Å². The van der Waals surface area contributed by atoms with Crippen molar-refractivity contribution in [3.63, 3.8) is 0 Å². The van der Waals surface area contributed by atoms with Crippen LogP contribution in [0.15, 0.2) is 30.3 Å². The smallest absolute Gasteiger partial charge is 1.00 e.